The van der Waals surface area contributed by atoms with E-state index in [1.807, 2.05) is 19.1 Å². The molecule has 1 heterocycles. The molecule has 0 bridgehead atoms. The number of hydrogen-bond donors (Lipinski definition) is 1. The summed E-state index contributed by atoms with van der Waals surface area (Å²) in [5, 5.41) is 2.86. The molecule has 1 unspecified atom stereocenters. The van der Waals surface area contributed by atoms with Crippen LogP contribution in [0.4, 0.5) is 13.2 Å². The summed E-state index contributed by atoms with van der Waals surface area (Å²) in [4.78, 5) is 0. The highest BCUT2D eigenvalue weighted by molar-refractivity contribution is 5.44. The third-order valence-corrected chi connectivity index (χ3v) is 3.13. The summed E-state index contributed by atoms with van der Waals surface area (Å²) in [6.07, 6.45) is -4.14. The lowest BCUT2D eigenvalue weighted by molar-refractivity contribution is -0.133. The fourth-order valence-corrected chi connectivity index (χ4v) is 2.00. The molecule has 1 aromatic carbocycles. The molecule has 0 saturated carbocycles. The molecule has 3 nitrogen and oxygen atoms in total. The van der Waals surface area contributed by atoms with E-state index in [0.717, 1.165) is 12.0 Å². The number of ether oxygens (including phenoxy) is 2. The smallest absolute Gasteiger partial charge is 0.390 e. The van der Waals surface area contributed by atoms with Crippen LogP contribution in [0.25, 0.3) is 0 Å². The predicted molar refractivity (Wildman–Crippen MR) is 69.1 cm³/mol. The number of nitrogens with one attached hydrogen (secondary N) is 1. The number of fused-ring (bicyclic) bond motifs is 1. The van der Waals surface area contributed by atoms with E-state index in [9.17, 15) is 13.2 Å². The minimum atomic E-state index is -4.13. The third kappa shape index (κ3) is 4.30. The normalized spacial score (nSPS) is 16.6. The number of alkyl halides is 3. The van der Waals surface area contributed by atoms with Gasteiger partial charge in [-0.05, 0) is 24.6 Å². The first kappa shape index (κ1) is 15.0. The minimum absolute atomic E-state index is 0.0981. The molecule has 0 amide bonds. The maximum absolute atomic E-state index is 12.1. The summed E-state index contributed by atoms with van der Waals surface area (Å²) in [5.74, 6) is 1.35. The van der Waals surface area contributed by atoms with Gasteiger partial charge in [-0.25, -0.2) is 0 Å². The van der Waals surface area contributed by atoms with Gasteiger partial charge in [0.05, 0.1) is 19.6 Å². The molecule has 1 aliphatic heterocycles. The van der Waals surface area contributed by atoms with Crippen molar-refractivity contribution in [2.24, 2.45) is 0 Å². The van der Waals surface area contributed by atoms with Gasteiger partial charge >= 0.3 is 6.18 Å². The molecule has 0 fully saturated rings. The van der Waals surface area contributed by atoms with Gasteiger partial charge in [0, 0.05) is 19.0 Å². The Labute approximate surface area is 116 Å². The van der Waals surface area contributed by atoms with E-state index >= 15 is 0 Å². The lowest BCUT2D eigenvalue weighted by atomic mass is 10.1. The summed E-state index contributed by atoms with van der Waals surface area (Å²) in [5.41, 5.74) is 0.886. The van der Waals surface area contributed by atoms with Crippen molar-refractivity contribution < 1.29 is 22.6 Å². The molecule has 20 heavy (non-hydrogen) atoms. The van der Waals surface area contributed by atoms with E-state index in [-0.39, 0.29) is 12.6 Å². The molecule has 0 aromatic heterocycles. The average Bonchev–Trinajstić information content (AvgIpc) is 2.61. The van der Waals surface area contributed by atoms with Gasteiger partial charge in [-0.2, -0.15) is 13.2 Å². The highest BCUT2D eigenvalue weighted by atomic mass is 19.4. The third-order valence-electron chi connectivity index (χ3n) is 3.13. The molecule has 2 rings (SSSR count). The maximum atomic E-state index is 12.1. The Balaban J connectivity index is 1.96. The zero-order valence-electron chi connectivity index (χ0n) is 11.3. The highest BCUT2D eigenvalue weighted by Gasteiger charge is 2.26. The monoisotopic (exact) mass is 289 g/mol. The molecule has 1 aliphatic rings. The van der Waals surface area contributed by atoms with Crippen molar-refractivity contribution >= 4 is 0 Å². The first-order valence-corrected chi connectivity index (χ1v) is 6.65. The van der Waals surface area contributed by atoms with Crippen LogP contribution in [0, 0.1) is 0 Å². The Bertz CT molecular complexity index is 449. The molecule has 1 N–H and O–H groups in total. The van der Waals surface area contributed by atoms with E-state index in [1.165, 1.54) is 0 Å². The van der Waals surface area contributed by atoms with Crippen LogP contribution < -0.4 is 14.8 Å². The molecule has 1 aromatic rings. The van der Waals surface area contributed by atoms with Gasteiger partial charge in [0.2, 0.25) is 0 Å². The van der Waals surface area contributed by atoms with Gasteiger partial charge in [-0.15, -0.1) is 0 Å². The average molecular weight is 289 g/mol. The van der Waals surface area contributed by atoms with Crippen molar-refractivity contribution in [3.05, 3.63) is 23.8 Å². The Morgan fingerprint density at radius 3 is 2.60 bits per heavy atom. The van der Waals surface area contributed by atoms with Crippen molar-refractivity contribution in [1.82, 2.24) is 5.32 Å². The first-order chi connectivity index (χ1) is 9.46. The van der Waals surface area contributed by atoms with Gasteiger partial charge < -0.3 is 14.8 Å². The van der Waals surface area contributed by atoms with Crippen LogP contribution in [0.3, 0.4) is 0 Å². The number of hydrogen-bond acceptors (Lipinski definition) is 3. The topological polar surface area (TPSA) is 30.5 Å². The van der Waals surface area contributed by atoms with Crippen molar-refractivity contribution in [2.75, 3.05) is 19.8 Å². The Hall–Kier alpha value is -1.43. The number of benzene rings is 1. The van der Waals surface area contributed by atoms with Crippen molar-refractivity contribution in [2.45, 2.75) is 32.0 Å². The molecule has 1 atom stereocenters. The summed E-state index contributed by atoms with van der Waals surface area (Å²) in [6.45, 7) is 2.94. The van der Waals surface area contributed by atoms with Gasteiger partial charge in [0.1, 0.15) is 0 Å². The Kier molecular flexibility index (Phi) is 4.75. The second kappa shape index (κ2) is 6.35. The molecule has 0 saturated heterocycles. The van der Waals surface area contributed by atoms with Crippen LogP contribution in [0.1, 0.15) is 31.4 Å². The molecule has 6 heteroatoms. The van der Waals surface area contributed by atoms with E-state index in [4.69, 9.17) is 9.47 Å². The highest BCUT2D eigenvalue weighted by Crippen LogP contribution is 2.32. The fourth-order valence-electron chi connectivity index (χ4n) is 2.00. The first-order valence-electron chi connectivity index (χ1n) is 6.65. The van der Waals surface area contributed by atoms with Gasteiger partial charge in [-0.1, -0.05) is 6.07 Å². The second-order valence-electron chi connectivity index (χ2n) is 4.80. The van der Waals surface area contributed by atoms with E-state index in [0.29, 0.717) is 24.7 Å². The molecule has 0 aliphatic carbocycles. The Morgan fingerprint density at radius 1 is 1.20 bits per heavy atom. The summed E-state index contributed by atoms with van der Waals surface area (Å²) < 4.78 is 47.4. The second-order valence-corrected chi connectivity index (χ2v) is 4.80. The number of rotatable bonds is 4. The standard InChI is InChI=1S/C14H18F3NO2/c1-10(18-6-5-14(15,16)17)11-3-4-12-13(9-11)20-8-2-7-19-12/h3-4,9-10,18H,2,5-8H2,1H3. The lowest BCUT2D eigenvalue weighted by Gasteiger charge is -2.17. The predicted octanol–water partition coefficient (Wildman–Crippen LogP) is 3.45. The SMILES string of the molecule is CC(NCCC(F)(F)F)c1ccc2c(c1)OCCCO2. The summed E-state index contributed by atoms with van der Waals surface area (Å²) >= 11 is 0. The van der Waals surface area contributed by atoms with Crippen LogP contribution in [-0.4, -0.2) is 25.9 Å². The largest absolute Gasteiger partial charge is 0.490 e. The van der Waals surface area contributed by atoms with Crippen molar-refractivity contribution in [3.8, 4) is 11.5 Å². The summed E-state index contributed by atoms with van der Waals surface area (Å²) in [7, 11) is 0. The van der Waals surface area contributed by atoms with Crippen molar-refractivity contribution in [1.29, 1.82) is 0 Å². The minimum Gasteiger partial charge on any atom is -0.490 e. The fraction of sp³-hybridized carbons (Fsp3) is 0.571. The summed E-state index contributed by atoms with van der Waals surface area (Å²) in [6, 6.07) is 5.30. The van der Waals surface area contributed by atoms with Crippen LogP contribution in [-0.2, 0) is 0 Å². The molecular weight excluding hydrogens is 271 g/mol. The molecule has 0 spiro atoms. The van der Waals surface area contributed by atoms with Gasteiger partial charge in [0.15, 0.2) is 11.5 Å². The molecule has 0 radical (unpaired) electrons. The molecule has 112 valence electrons. The van der Waals surface area contributed by atoms with Crippen molar-refractivity contribution in [3.63, 3.8) is 0 Å². The van der Waals surface area contributed by atoms with E-state index < -0.39 is 12.6 Å². The van der Waals surface area contributed by atoms with Crippen LogP contribution in [0.15, 0.2) is 18.2 Å². The van der Waals surface area contributed by atoms with E-state index in [1.54, 1.807) is 6.07 Å². The maximum Gasteiger partial charge on any atom is 0.390 e. The Morgan fingerprint density at radius 2 is 1.90 bits per heavy atom. The molecular formula is C14H18F3NO2. The van der Waals surface area contributed by atoms with Crippen LogP contribution >= 0.6 is 0 Å². The zero-order valence-corrected chi connectivity index (χ0v) is 11.3. The van der Waals surface area contributed by atoms with Crippen LogP contribution in [0.5, 0.6) is 11.5 Å². The lowest BCUT2D eigenvalue weighted by Crippen LogP contribution is -2.24. The van der Waals surface area contributed by atoms with E-state index in [2.05, 4.69) is 5.32 Å². The van der Waals surface area contributed by atoms with Gasteiger partial charge in [-0.3, -0.25) is 0 Å². The quantitative estimate of drug-likeness (QED) is 0.921. The zero-order chi connectivity index (χ0) is 14.6. The van der Waals surface area contributed by atoms with Gasteiger partial charge in [0.25, 0.3) is 0 Å². The number of halogens is 3. The van der Waals surface area contributed by atoms with Crippen LogP contribution in [0.2, 0.25) is 0 Å².